The molecule has 4 nitrogen and oxygen atoms in total. The van der Waals surface area contributed by atoms with Crippen molar-refractivity contribution < 1.29 is 0 Å². The summed E-state index contributed by atoms with van der Waals surface area (Å²) in [4.78, 5) is 6.42. The van der Waals surface area contributed by atoms with Crippen LogP contribution in [-0.4, -0.2) is 28.0 Å². The summed E-state index contributed by atoms with van der Waals surface area (Å²) in [5.74, 6) is 1.06. The molecule has 4 heteroatoms. The van der Waals surface area contributed by atoms with Gasteiger partial charge in [0.15, 0.2) is 0 Å². The van der Waals surface area contributed by atoms with Crippen molar-refractivity contribution >= 4 is 0 Å². The normalized spacial score (nSPS) is 10.4. The van der Waals surface area contributed by atoms with E-state index in [1.54, 1.807) is 6.20 Å². The molecule has 1 heterocycles. The third-order valence-electron chi connectivity index (χ3n) is 2.16. The topological polar surface area (TPSA) is 44.9 Å². The van der Waals surface area contributed by atoms with Crippen LogP contribution in [0.25, 0.3) is 0 Å². The average molecular weight is 192 g/mol. The Hall–Kier alpha value is -1.34. The van der Waals surface area contributed by atoms with E-state index < -0.39 is 0 Å². The molecule has 0 fully saturated rings. The second-order valence-electron chi connectivity index (χ2n) is 3.45. The summed E-state index contributed by atoms with van der Waals surface area (Å²) in [6.45, 7) is 1.79. The van der Waals surface area contributed by atoms with Gasteiger partial charge in [0, 0.05) is 25.9 Å². The minimum atomic E-state index is 0.630. The molecule has 0 N–H and O–H groups in total. The first-order valence-corrected chi connectivity index (χ1v) is 4.75. The van der Waals surface area contributed by atoms with Gasteiger partial charge in [-0.2, -0.15) is 5.26 Å². The van der Waals surface area contributed by atoms with Crippen molar-refractivity contribution in [2.24, 2.45) is 7.05 Å². The van der Waals surface area contributed by atoms with Crippen molar-refractivity contribution in [2.45, 2.75) is 19.4 Å². The van der Waals surface area contributed by atoms with Gasteiger partial charge in [0.2, 0.25) is 0 Å². The fourth-order valence-corrected chi connectivity index (χ4v) is 1.30. The Morgan fingerprint density at radius 3 is 3.00 bits per heavy atom. The van der Waals surface area contributed by atoms with E-state index in [2.05, 4.69) is 16.0 Å². The Balaban J connectivity index is 2.31. The molecule has 1 rings (SSSR count). The van der Waals surface area contributed by atoms with Crippen LogP contribution in [0, 0.1) is 11.3 Å². The predicted molar refractivity (Wildman–Crippen MR) is 54.4 cm³/mol. The molecule has 0 aliphatic carbocycles. The van der Waals surface area contributed by atoms with Gasteiger partial charge in [0.25, 0.3) is 0 Å². The first-order valence-electron chi connectivity index (χ1n) is 4.75. The summed E-state index contributed by atoms with van der Waals surface area (Å²) in [7, 11) is 4.04. The number of unbranched alkanes of at least 4 members (excludes halogenated alkanes) is 1. The van der Waals surface area contributed by atoms with Crippen LogP contribution >= 0.6 is 0 Å². The lowest BCUT2D eigenvalue weighted by molar-refractivity contribution is 0.312. The molecule has 0 saturated heterocycles. The van der Waals surface area contributed by atoms with Crippen LogP contribution in [0.5, 0.6) is 0 Å². The second-order valence-corrected chi connectivity index (χ2v) is 3.45. The third-order valence-corrected chi connectivity index (χ3v) is 2.16. The highest BCUT2D eigenvalue weighted by atomic mass is 15.1. The molecule has 0 radical (unpaired) electrons. The number of nitriles is 1. The first-order chi connectivity index (χ1) is 6.74. The number of aromatic nitrogens is 2. The standard InChI is InChI=1S/C10H16N4/c1-13(7-4-3-5-11)9-10-12-6-8-14(10)2/h6,8H,3-4,7,9H2,1-2H3. The average Bonchev–Trinajstić information content (AvgIpc) is 2.52. The molecule has 0 spiro atoms. The minimum Gasteiger partial charge on any atom is -0.337 e. The van der Waals surface area contributed by atoms with Crippen molar-refractivity contribution in [3.8, 4) is 6.07 Å². The molecule has 0 saturated carbocycles. The van der Waals surface area contributed by atoms with Gasteiger partial charge < -0.3 is 4.57 Å². The highest BCUT2D eigenvalue weighted by Crippen LogP contribution is 2.00. The molecule has 14 heavy (non-hydrogen) atoms. The fraction of sp³-hybridized carbons (Fsp3) is 0.600. The van der Waals surface area contributed by atoms with Gasteiger partial charge in [0.1, 0.15) is 5.82 Å². The molecule has 0 bridgehead atoms. The Kier molecular flexibility index (Phi) is 4.14. The lowest BCUT2D eigenvalue weighted by Crippen LogP contribution is -2.21. The summed E-state index contributed by atoms with van der Waals surface area (Å²) in [6, 6.07) is 2.15. The first kappa shape index (κ1) is 10.7. The van der Waals surface area contributed by atoms with Gasteiger partial charge in [-0.1, -0.05) is 0 Å². The number of nitrogens with zero attached hydrogens (tertiary/aromatic N) is 4. The van der Waals surface area contributed by atoms with E-state index in [4.69, 9.17) is 5.26 Å². The van der Waals surface area contributed by atoms with E-state index in [1.807, 2.05) is 24.9 Å². The Morgan fingerprint density at radius 2 is 2.43 bits per heavy atom. The molecule has 76 valence electrons. The van der Waals surface area contributed by atoms with Gasteiger partial charge >= 0.3 is 0 Å². The van der Waals surface area contributed by atoms with E-state index >= 15 is 0 Å². The largest absolute Gasteiger partial charge is 0.337 e. The number of aryl methyl sites for hydroxylation is 1. The maximum Gasteiger partial charge on any atom is 0.122 e. The third kappa shape index (κ3) is 3.19. The highest BCUT2D eigenvalue weighted by Gasteiger charge is 2.03. The SMILES string of the molecule is CN(CCCC#N)Cc1nccn1C. The predicted octanol–water partition coefficient (Wildman–Crippen LogP) is 1.16. The molecular weight excluding hydrogens is 176 g/mol. The number of rotatable bonds is 5. The Bertz CT molecular complexity index is 310. The molecule has 0 unspecified atom stereocenters. The van der Waals surface area contributed by atoms with E-state index in [0.717, 1.165) is 25.3 Å². The summed E-state index contributed by atoms with van der Waals surface area (Å²) >= 11 is 0. The summed E-state index contributed by atoms with van der Waals surface area (Å²) in [6.07, 6.45) is 5.30. The smallest absolute Gasteiger partial charge is 0.122 e. The zero-order valence-corrected chi connectivity index (χ0v) is 8.77. The van der Waals surface area contributed by atoms with Crippen LogP contribution in [0.4, 0.5) is 0 Å². The molecule has 1 aromatic heterocycles. The van der Waals surface area contributed by atoms with Crippen LogP contribution < -0.4 is 0 Å². The van der Waals surface area contributed by atoms with Crippen LogP contribution in [-0.2, 0) is 13.6 Å². The van der Waals surface area contributed by atoms with Gasteiger partial charge in [0.05, 0.1) is 12.6 Å². The zero-order chi connectivity index (χ0) is 10.4. The van der Waals surface area contributed by atoms with Gasteiger partial charge in [-0.15, -0.1) is 0 Å². The van der Waals surface area contributed by atoms with Crippen molar-refractivity contribution in [1.29, 1.82) is 5.26 Å². The summed E-state index contributed by atoms with van der Waals surface area (Å²) in [5.41, 5.74) is 0. The fourth-order valence-electron chi connectivity index (χ4n) is 1.30. The quantitative estimate of drug-likeness (QED) is 0.657. The van der Waals surface area contributed by atoms with Gasteiger partial charge in [-0.3, -0.25) is 4.90 Å². The molecule has 0 amide bonds. The number of hydrogen-bond donors (Lipinski definition) is 0. The summed E-state index contributed by atoms with van der Waals surface area (Å²) in [5, 5.41) is 8.39. The monoisotopic (exact) mass is 192 g/mol. The second kappa shape index (κ2) is 5.40. The van der Waals surface area contributed by atoms with Gasteiger partial charge in [-0.25, -0.2) is 4.98 Å². The molecule has 1 aromatic rings. The number of hydrogen-bond acceptors (Lipinski definition) is 3. The van der Waals surface area contributed by atoms with E-state index in [-0.39, 0.29) is 0 Å². The minimum absolute atomic E-state index is 0.630. The van der Waals surface area contributed by atoms with Gasteiger partial charge in [-0.05, 0) is 20.0 Å². The van der Waals surface area contributed by atoms with Crippen molar-refractivity contribution in [3.63, 3.8) is 0 Å². The maximum absolute atomic E-state index is 8.39. The molecular formula is C10H16N4. The highest BCUT2D eigenvalue weighted by molar-refractivity contribution is 4.90. The van der Waals surface area contributed by atoms with Crippen LogP contribution in [0.1, 0.15) is 18.7 Å². The van der Waals surface area contributed by atoms with E-state index in [0.29, 0.717) is 6.42 Å². The molecule has 0 aliphatic rings. The Labute approximate surface area is 84.8 Å². The van der Waals surface area contributed by atoms with Crippen molar-refractivity contribution in [1.82, 2.24) is 14.5 Å². The van der Waals surface area contributed by atoms with Crippen molar-refractivity contribution in [3.05, 3.63) is 18.2 Å². The zero-order valence-electron chi connectivity index (χ0n) is 8.77. The number of imidazole rings is 1. The van der Waals surface area contributed by atoms with Crippen LogP contribution in [0.2, 0.25) is 0 Å². The summed E-state index contributed by atoms with van der Waals surface area (Å²) < 4.78 is 2.01. The lowest BCUT2D eigenvalue weighted by Gasteiger charge is -2.14. The van der Waals surface area contributed by atoms with E-state index in [9.17, 15) is 0 Å². The maximum atomic E-state index is 8.39. The lowest BCUT2D eigenvalue weighted by atomic mass is 10.3. The van der Waals surface area contributed by atoms with Crippen molar-refractivity contribution in [2.75, 3.05) is 13.6 Å². The molecule has 0 aromatic carbocycles. The van der Waals surface area contributed by atoms with Crippen LogP contribution in [0.15, 0.2) is 12.4 Å². The molecule has 0 atom stereocenters. The molecule has 0 aliphatic heterocycles. The Morgan fingerprint density at radius 1 is 1.64 bits per heavy atom. The van der Waals surface area contributed by atoms with E-state index in [1.165, 1.54) is 0 Å². The van der Waals surface area contributed by atoms with Crippen LogP contribution in [0.3, 0.4) is 0 Å².